The van der Waals surface area contributed by atoms with E-state index in [-0.39, 0.29) is 27.7 Å². The molecule has 5 rings (SSSR count). The number of halogens is 3. The fourth-order valence-electron chi connectivity index (χ4n) is 3.98. The Bertz CT molecular complexity index is 1450. The molecule has 8 heteroatoms. The van der Waals surface area contributed by atoms with Gasteiger partial charge in [-0.3, -0.25) is 14.5 Å². The van der Waals surface area contributed by atoms with E-state index in [9.17, 15) is 14.0 Å². The molecule has 3 aromatic carbocycles. The summed E-state index contributed by atoms with van der Waals surface area (Å²) in [4.78, 5) is 28.4. The molecule has 160 valence electrons. The molecule has 1 aromatic heterocycles. The van der Waals surface area contributed by atoms with Gasteiger partial charge in [0.15, 0.2) is 5.43 Å². The monoisotopic (exact) mass is 469 g/mol. The number of carbonyl (C=O) groups is 1. The first kappa shape index (κ1) is 20.5. The van der Waals surface area contributed by atoms with Gasteiger partial charge in [0.05, 0.1) is 29.1 Å². The molecule has 4 aromatic rings. The van der Waals surface area contributed by atoms with Crippen molar-refractivity contribution >= 4 is 45.8 Å². The molecule has 1 atom stereocenters. The van der Waals surface area contributed by atoms with E-state index < -0.39 is 17.8 Å². The van der Waals surface area contributed by atoms with Crippen LogP contribution in [-0.2, 0) is 0 Å². The Hall–Kier alpha value is -3.35. The Morgan fingerprint density at radius 1 is 1.00 bits per heavy atom. The third-order valence-electron chi connectivity index (χ3n) is 5.43. The van der Waals surface area contributed by atoms with Crippen LogP contribution >= 0.6 is 23.2 Å². The fourth-order valence-corrected chi connectivity index (χ4v) is 4.40. The highest BCUT2D eigenvalue weighted by Gasteiger charge is 2.43. The zero-order valence-corrected chi connectivity index (χ0v) is 18.1. The SMILES string of the molecule is COc1ccc(N2C(=O)c3oc4ccc(Cl)cc4c(=O)c3C2c2ccc(F)cc2)cc1Cl. The lowest BCUT2D eigenvalue weighted by molar-refractivity contribution is 0.0971. The number of anilines is 1. The quantitative estimate of drug-likeness (QED) is 0.369. The zero-order chi connectivity index (χ0) is 22.6. The van der Waals surface area contributed by atoms with E-state index in [0.29, 0.717) is 27.0 Å². The van der Waals surface area contributed by atoms with Crippen LogP contribution in [0.5, 0.6) is 5.75 Å². The highest BCUT2D eigenvalue weighted by molar-refractivity contribution is 6.32. The van der Waals surface area contributed by atoms with Crippen LogP contribution in [0.1, 0.15) is 27.7 Å². The van der Waals surface area contributed by atoms with Crippen molar-refractivity contribution in [3.63, 3.8) is 0 Å². The number of rotatable bonds is 3. The molecule has 5 nitrogen and oxygen atoms in total. The summed E-state index contributed by atoms with van der Waals surface area (Å²) in [7, 11) is 1.48. The Morgan fingerprint density at radius 2 is 1.75 bits per heavy atom. The summed E-state index contributed by atoms with van der Waals surface area (Å²) < 4.78 is 24.7. The molecule has 0 fully saturated rings. The van der Waals surface area contributed by atoms with E-state index in [0.717, 1.165) is 0 Å². The van der Waals surface area contributed by atoms with Gasteiger partial charge in [0, 0.05) is 10.7 Å². The van der Waals surface area contributed by atoms with Gasteiger partial charge in [-0.25, -0.2) is 4.39 Å². The van der Waals surface area contributed by atoms with Gasteiger partial charge in [0.1, 0.15) is 17.1 Å². The summed E-state index contributed by atoms with van der Waals surface area (Å²) in [6.45, 7) is 0. The number of hydrogen-bond acceptors (Lipinski definition) is 4. The summed E-state index contributed by atoms with van der Waals surface area (Å²) in [5, 5.41) is 0.916. The summed E-state index contributed by atoms with van der Waals surface area (Å²) in [6, 6.07) is 14.2. The topological polar surface area (TPSA) is 59.8 Å². The van der Waals surface area contributed by atoms with E-state index in [1.807, 2.05) is 0 Å². The molecule has 0 saturated heterocycles. The van der Waals surface area contributed by atoms with Crippen LogP contribution in [0, 0.1) is 5.82 Å². The Labute approximate surface area is 191 Å². The molecule has 1 amide bonds. The molecule has 1 aliphatic heterocycles. The predicted molar refractivity (Wildman–Crippen MR) is 121 cm³/mol. The number of nitrogens with zero attached hydrogens (tertiary/aromatic N) is 1. The second kappa shape index (κ2) is 7.65. The van der Waals surface area contributed by atoms with Crippen molar-refractivity contribution in [3.05, 3.63) is 104 Å². The van der Waals surface area contributed by atoms with Crippen LogP contribution in [0.2, 0.25) is 10.0 Å². The molecule has 2 heterocycles. The van der Waals surface area contributed by atoms with Gasteiger partial charge in [-0.2, -0.15) is 0 Å². The minimum atomic E-state index is -0.845. The molecular formula is C24H14Cl2FNO4. The first-order valence-corrected chi connectivity index (χ1v) is 10.3. The number of amides is 1. The normalized spacial score (nSPS) is 15.3. The van der Waals surface area contributed by atoms with Gasteiger partial charge in [-0.05, 0) is 54.1 Å². The van der Waals surface area contributed by atoms with Crippen LogP contribution < -0.4 is 15.1 Å². The number of ether oxygens (including phenoxy) is 1. The third-order valence-corrected chi connectivity index (χ3v) is 5.96. The lowest BCUT2D eigenvalue weighted by Gasteiger charge is -2.25. The van der Waals surface area contributed by atoms with E-state index in [2.05, 4.69) is 0 Å². The van der Waals surface area contributed by atoms with Crippen LogP contribution in [-0.4, -0.2) is 13.0 Å². The fraction of sp³-hybridized carbons (Fsp3) is 0.0833. The van der Waals surface area contributed by atoms with Crippen molar-refractivity contribution in [3.8, 4) is 5.75 Å². The maximum Gasteiger partial charge on any atom is 0.295 e. The Kier molecular flexibility index (Phi) is 4.92. The molecule has 0 radical (unpaired) electrons. The minimum absolute atomic E-state index is 0.0777. The Balaban J connectivity index is 1.80. The van der Waals surface area contributed by atoms with Crippen LogP contribution in [0.25, 0.3) is 11.0 Å². The van der Waals surface area contributed by atoms with Crippen molar-refractivity contribution in [2.24, 2.45) is 0 Å². The van der Waals surface area contributed by atoms with E-state index in [4.69, 9.17) is 32.4 Å². The molecule has 0 bridgehead atoms. The van der Waals surface area contributed by atoms with Crippen LogP contribution in [0.3, 0.4) is 0 Å². The van der Waals surface area contributed by atoms with E-state index >= 15 is 0 Å². The average Bonchev–Trinajstić information content (AvgIpc) is 3.07. The van der Waals surface area contributed by atoms with Gasteiger partial charge in [0.2, 0.25) is 5.76 Å². The number of methoxy groups -OCH3 is 1. The maximum atomic E-state index is 13.6. The molecule has 1 aliphatic rings. The van der Waals surface area contributed by atoms with Crippen molar-refractivity contribution in [2.45, 2.75) is 6.04 Å². The van der Waals surface area contributed by atoms with Crippen LogP contribution in [0.15, 0.2) is 69.9 Å². The van der Waals surface area contributed by atoms with Gasteiger partial charge in [0.25, 0.3) is 5.91 Å². The summed E-state index contributed by atoms with van der Waals surface area (Å²) in [6.07, 6.45) is 0. The number of carbonyl (C=O) groups excluding carboxylic acids is 1. The minimum Gasteiger partial charge on any atom is -0.495 e. The predicted octanol–water partition coefficient (Wildman–Crippen LogP) is 6.00. The first-order valence-electron chi connectivity index (χ1n) is 9.58. The maximum absolute atomic E-state index is 13.6. The largest absolute Gasteiger partial charge is 0.495 e. The van der Waals surface area contributed by atoms with E-state index in [1.165, 1.54) is 42.3 Å². The third kappa shape index (κ3) is 3.15. The van der Waals surface area contributed by atoms with Gasteiger partial charge in [-0.15, -0.1) is 0 Å². The number of benzene rings is 3. The summed E-state index contributed by atoms with van der Waals surface area (Å²) in [5.41, 5.74) is 0.998. The highest BCUT2D eigenvalue weighted by Crippen LogP contribution is 2.43. The summed E-state index contributed by atoms with van der Waals surface area (Å²) in [5.74, 6) is -0.585. The van der Waals surface area contributed by atoms with Crippen molar-refractivity contribution in [2.75, 3.05) is 12.0 Å². The standard InChI is InChI=1S/C24H14Cl2FNO4/c1-31-19-9-7-15(11-17(19)26)28-21(12-2-5-14(27)6-3-12)20-22(29)16-10-13(25)4-8-18(16)32-23(20)24(28)30/h2-11,21H,1H3. The lowest BCUT2D eigenvalue weighted by Crippen LogP contribution is -2.29. The van der Waals surface area contributed by atoms with Crippen molar-refractivity contribution in [1.82, 2.24) is 0 Å². The molecule has 1 unspecified atom stereocenters. The number of fused-ring (bicyclic) bond motifs is 2. The smallest absolute Gasteiger partial charge is 0.295 e. The molecule has 32 heavy (non-hydrogen) atoms. The van der Waals surface area contributed by atoms with Crippen LogP contribution in [0.4, 0.5) is 10.1 Å². The molecule has 0 spiro atoms. The highest BCUT2D eigenvalue weighted by atomic mass is 35.5. The van der Waals surface area contributed by atoms with Gasteiger partial charge in [-0.1, -0.05) is 35.3 Å². The molecular weight excluding hydrogens is 456 g/mol. The first-order chi connectivity index (χ1) is 15.4. The van der Waals surface area contributed by atoms with Crippen molar-refractivity contribution in [1.29, 1.82) is 0 Å². The van der Waals surface area contributed by atoms with Crippen molar-refractivity contribution < 1.29 is 18.3 Å². The van der Waals surface area contributed by atoms with Gasteiger partial charge >= 0.3 is 0 Å². The summed E-state index contributed by atoms with van der Waals surface area (Å²) >= 11 is 12.4. The van der Waals surface area contributed by atoms with Gasteiger partial charge < -0.3 is 9.15 Å². The second-order valence-corrected chi connectivity index (χ2v) is 8.11. The average molecular weight is 470 g/mol. The Morgan fingerprint density at radius 3 is 2.44 bits per heavy atom. The molecule has 0 N–H and O–H groups in total. The second-order valence-electron chi connectivity index (χ2n) is 7.26. The van der Waals surface area contributed by atoms with E-state index in [1.54, 1.807) is 30.3 Å². The molecule has 0 aliphatic carbocycles. The molecule has 0 saturated carbocycles. The number of hydrogen-bond donors (Lipinski definition) is 0. The zero-order valence-electron chi connectivity index (χ0n) is 16.6. The lowest BCUT2D eigenvalue weighted by atomic mass is 9.98.